The number of fused-ring (bicyclic) bond motifs is 1. The Morgan fingerprint density at radius 3 is 2.70 bits per heavy atom. The summed E-state index contributed by atoms with van der Waals surface area (Å²) in [6.45, 7) is 5.45. The second-order valence-electron chi connectivity index (χ2n) is 7.47. The van der Waals surface area contributed by atoms with Crippen LogP contribution >= 0.6 is 0 Å². The quantitative estimate of drug-likeness (QED) is 0.597. The molecule has 154 valence electrons. The zero-order valence-corrected chi connectivity index (χ0v) is 17.1. The number of rotatable bonds is 4. The van der Waals surface area contributed by atoms with E-state index in [4.69, 9.17) is 0 Å². The van der Waals surface area contributed by atoms with Gasteiger partial charge in [0.15, 0.2) is 0 Å². The molecular formula is C24H25N3O3. The molecule has 3 aromatic rings. The summed E-state index contributed by atoms with van der Waals surface area (Å²) < 4.78 is 0. The van der Waals surface area contributed by atoms with Crippen LogP contribution in [0.3, 0.4) is 0 Å². The normalized spacial score (nSPS) is 13.1. The molecule has 2 heterocycles. The third kappa shape index (κ3) is 3.68. The summed E-state index contributed by atoms with van der Waals surface area (Å²) in [6.07, 6.45) is 1.73. The Balaban J connectivity index is 1.67. The average molecular weight is 403 g/mol. The smallest absolute Gasteiger partial charge is 0.262 e. The third-order valence-corrected chi connectivity index (χ3v) is 5.41. The lowest BCUT2D eigenvalue weighted by Crippen LogP contribution is -2.35. The van der Waals surface area contributed by atoms with E-state index < -0.39 is 0 Å². The van der Waals surface area contributed by atoms with Crippen molar-refractivity contribution < 1.29 is 15.0 Å². The monoisotopic (exact) mass is 403 g/mol. The minimum atomic E-state index is -0.269. The van der Waals surface area contributed by atoms with Crippen molar-refractivity contribution in [3.63, 3.8) is 0 Å². The SMILES string of the molecule is CCNc1ccc(-c2ccc3c(c2)CCCN3C(=O)c2ccc(O)cc2O)c(C)n1. The van der Waals surface area contributed by atoms with Crippen molar-refractivity contribution in [3.8, 4) is 22.6 Å². The van der Waals surface area contributed by atoms with Gasteiger partial charge in [-0.3, -0.25) is 4.79 Å². The number of pyridine rings is 1. The summed E-state index contributed by atoms with van der Waals surface area (Å²) in [6, 6.07) is 14.2. The number of aromatic hydroxyl groups is 2. The average Bonchev–Trinajstić information content (AvgIpc) is 2.73. The number of aromatic nitrogens is 1. The highest BCUT2D eigenvalue weighted by Crippen LogP contribution is 2.35. The van der Waals surface area contributed by atoms with E-state index in [0.717, 1.165) is 53.3 Å². The number of carbonyl (C=O) groups is 1. The van der Waals surface area contributed by atoms with Crippen molar-refractivity contribution >= 4 is 17.4 Å². The molecule has 0 atom stereocenters. The summed E-state index contributed by atoms with van der Waals surface area (Å²) in [5, 5.41) is 22.8. The van der Waals surface area contributed by atoms with Crippen LogP contribution in [0.15, 0.2) is 48.5 Å². The Kier molecular flexibility index (Phi) is 5.31. The number of nitrogens with one attached hydrogen (secondary N) is 1. The van der Waals surface area contributed by atoms with Gasteiger partial charge < -0.3 is 20.4 Å². The molecule has 0 unspecified atom stereocenters. The second-order valence-corrected chi connectivity index (χ2v) is 7.47. The van der Waals surface area contributed by atoms with E-state index in [9.17, 15) is 15.0 Å². The lowest BCUT2D eigenvalue weighted by atomic mass is 9.95. The van der Waals surface area contributed by atoms with Crippen molar-refractivity contribution in [2.45, 2.75) is 26.7 Å². The standard InChI is InChI=1S/C24H25N3O3/c1-3-25-23-11-9-19(15(2)26-23)16-6-10-21-17(13-16)5-4-12-27(21)24(30)20-8-7-18(28)14-22(20)29/h6-11,13-14,28-29H,3-5,12H2,1-2H3,(H,25,26). The molecule has 6 nitrogen and oxygen atoms in total. The Morgan fingerprint density at radius 2 is 1.97 bits per heavy atom. The second kappa shape index (κ2) is 8.06. The van der Waals surface area contributed by atoms with E-state index in [0.29, 0.717) is 6.54 Å². The van der Waals surface area contributed by atoms with Gasteiger partial charge in [-0.05, 0) is 74.2 Å². The van der Waals surface area contributed by atoms with Crippen LogP contribution in [0.2, 0.25) is 0 Å². The van der Waals surface area contributed by atoms with E-state index in [1.54, 1.807) is 4.90 Å². The summed E-state index contributed by atoms with van der Waals surface area (Å²) in [5.74, 6) is 0.305. The van der Waals surface area contributed by atoms with Gasteiger partial charge in [0.05, 0.1) is 5.56 Å². The molecule has 4 rings (SSSR count). The number of hydrogen-bond acceptors (Lipinski definition) is 5. The zero-order chi connectivity index (χ0) is 21.3. The van der Waals surface area contributed by atoms with Crippen LogP contribution in [-0.2, 0) is 6.42 Å². The Hall–Kier alpha value is -3.54. The van der Waals surface area contributed by atoms with E-state index in [2.05, 4.69) is 22.4 Å². The molecular weight excluding hydrogens is 378 g/mol. The van der Waals surface area contributed by atoms with Gasteiger partial charge in [0, 0.05) is 36.1 Å². The highest BCUT2D eigenvalue weighted by Gasteiger charge is 2.26. The molecule has 6 heteroatoms. The zero-order valence-electron chi connectivity index (χ0n) is 17.1. The number of hydrogen-bond donors (Lipinski definition) is 3. The number of phenols is 2. The van der Waals surface area contributed by atoms with E-state index in [-0.39, 0.29) is 23.0 Å². The molecule has 0 saturated carbocycles. The summed E-state index contributed by atoms with van der Waals surface area (Å²) in [4.78, 5) is 19.4. The van der Waals surface area contributed by atoms with Crippen molar-refractivity contribution in [2.75, 3.05) is 23.3 Å². The maximum atomic E-state index is 13.1. The number of carbonyl (C=O) groups excluding carboxylic acids is 1. The molecule has 0 radical (unpaired) electrons. The third-order valence-electron chi connectivity index (χ3n) is 5.41. The van der Waals surface area contributed by atoms with Gasteiger partial charge >= 0.3 is 0 Å². The minimum Gasteiger partial charge on any atom is -0.508 e. The van der Waals surface area contributed by atoms with Gasteiger partial charge in [-0.2, -0.15) is 0 Å². The number of aryl methyl sites for hydroxylation is 2. The predicted molar refractivity (Wildman–Crippen MR) is 118 cm³/mol. The van der Waals surface area contributed by atoms with Crippen LogP contribution in [-0.4, -0.2) is 34.2 Å². The van der Waals surface area contributed by atoms with Crippen LogP contribution in [0.1, 0.15) is 35.0 Å². The van der Waals surface area contributed by atoms with Gasteiger partial charge in [0.25, 0.3) is 5.91 Å². The van der Waals surface area contributed by atoms with Crippen LogP contribution in [0.5, 0.6) is 11.5 Å². The molecule has 2 aromatic carbocycles. The van der Waals surface area contributed by atoms with Gasteiger partial charge in [0.1, 0.15) is 17.3 Å². The number of anilines is 2. The largest absolute Gasteiger partial charge is 0.508 e. The first-order chi connectivity index (χ1) is 14.5. The molecule has 1 aromatic heterocycles. The van der Waals surface area contributed by atoms with E-state index >= 15 is 0 Å². The Bertz CT molecular complexity index is 1110. The molecule has 0 aliphatic carbocycles. The first-order valence-corrected chi connectivity index (χ1v) is 10.2. The molecule has 3 N–H and O–H groups in total. The molecule has 0 saturated heterocycles. The number of amides is 1. The maximum absolute atomic E-state index is 13.1. The summed E-state index contributed by atoms with van der Waals surface area (Å²) >= 11 is 0. The fourth-order valence-corrected chi connectivity index (χ4v) is 3.97. The summed E-state index contributed by atoms with van der Waals surface area (Å²) in [5.41, 5.74) is 5.23. The maximum Gasteiger partial charge on any atom is 0.262 e. The molecule has 0 spiro atoms. The van der Waals surface area contributed by atoms with E-state index in [1.807, 2.05) is 32.0 Å². The highest BCUT2D eigenvalue weighted by atomic mass is 16.3. The fraction of sp³-hybridized carbons (Fsp3) is 0.250. The number of phenolic OH excluding ortho intramolecular Hbond substituents is 2. The topological polar surface area (TPSA) is 85.7 Å². The fourth-order valence-electron chi connectivity index (χ4n) is 3.97. The number of benzene rings is 2. The molecule has 0 fully saturated rings. The van der Waals surface area contributed by atoms with E-state index in [1.165, 1.54) is 18.2 Å². The van der Waals surface area contributed by atoms with Crippen LogP contribution in [0.25, 0.3) is 11.1 Å². The molecule has 1 amide bonds. The van der Waals surface area contributed by atoms with Gasteiger partial charge in [-0.15, -0.1) is 0 Å². The molecule has 1 aliphatic rings. The lowest BCUT2D eigenvalue weighted by Gasteiger charge is -2.30. The first-order valence-electron chi connectivity index (χ1n) is 10.2. The van der Waals surface area contributed by atoms with Crippen molar-refractivity contribution in [1.29, 1.82) is 0 Å². The van der Waals surface area contributed by atoms with Gasteiger partial charge in [0.2, 0.25) is 0 Å². The Labute approximate surface area is 175 Å². The van der Waals surface area contributed by atoms with Crippen LogP contribution < -0.4 is 10.2 Å². The number of nitrogens with zero attached hydrogens (tertiary/aromatic N) is 2. The van der Waals surface area contributed by atoms with Crippen LogP contribution in [0, 0.1) is 6.92 Å². The molecule has 0 bridgehead atoms. The van der Waals surface area contributed by atoms with Gasteiger partial charge in [-0.1, -0.05) is 6.07 Å². The lowest BCUT2D eigenvalue weighted by molar-refractivity contribution is 0.0982. The highest BCUT2D eigenvalue weighted by molar-refractivity contribution is 6.08. The molecule has 30 heavy (non-hydrogen) atoms. The van der Waals surface area contributed by atoms with Crippen molar-refractivity contribution in [3.05, 3.63) is 65.4 Å². The molecule has 1 aliphatic heterocycles. The first kappa shape index (κ1) is 19.8. The minimum absolute atomic E-state index is 0.0723. The summed E-state index contributed by atoms with van der Waals surface area (Å²) in [7, 11) is 0. The van der Waals surface area contributed by atoms with Gasteiger partial charge in [-0.25, -0.2) is 4.98 Å². The van der Waals surface area contributed by atoms with Crippen molar-refractivity contribution in [1.82, 2.24) is 4.98 Å². The predicted octanol–water partition coefficient (Wildman–Crippen LogP) is 4.49. The van der Waals surface area contributed by atoms with Crippen molar-refractivity contribution in [2.24, 2.45) is 0 Å². The Morgan fingerprint density at radius 1 is 1.13 bits per heavy atom. The van der Waals surface area contributed by atoms with Crippen LogP contribution in [0.4, 0.5) is 11.5 Å².